The Morgan fingerprint density at radius 2 is 1.96 bits per heavy atom. The zero-order valence-corrected chi connectivity index (χ0v) is 17.3. The zero-order valence-electron chi connectivity index (χ0n) is 15.7. The summed E-state index contributed by atoms with van der Waals surface area (Å²) in [5.41, 5.74) is 3.36. The first kappa shape index (κ1) is 18.7. The minimum Gasteiger partial charge on any atom is -0.496 e. The molecule has 144 valence electrons. The number of para-hydroxylation sites is 1. The average Bonchev–Trinajstić information content (AvgIpc) is 3.35. The van der Waals surface area contributed by atoms with Crippen LogP contribution in [0.25, 0.3) is 11.3 Å². The van der Waals surface area contributed by atoms with Crippen molar-refractivity contribution in [1.82, 2.24) is 15.1 Å². The van der Waals surface area contributed by atoms with E-state index >= 15 is 0 Å². The molecule has 0 spiro atoms. The Labute approximate surface area is 172 Å². The highest BCUT2D eigenvalue weighted by Crippen LogP contribution is 2.32. The van der Waals surface area contributed by atoms with Gasteiger partial charge in [-0.1, -0.05) is 48.5 Å². The van der Waals surface area contributed by atoms with E-state index in [-0.39, 0.29) is 11.9 Å². The number of H-pyrrole nitrogens is 1. The second-order valence-corrected chi connectivity index (χ2v) is 7.73. The molecule has 1 atom stereocenters. The molecule has 0 saturated carbocycles. The van der Waals surface area contributed by atoms with Crippen molar-refractivity contribution in [1.29, 1.82) is 0 Å². The van der Waals surface area contributed by atoms with Crippen LogP contribution in [0.3, 0.4) is 0 Å². The summed E-state index contributed by atoms with van der Waals surface area (Å²) in [5.74, 6) is 0.856. The zero-order chi connectivity index (χ0) is 19.5. The number of methoxy groups -OCH3 is 1. The van der Waals surface area contributed by atoms with E-state index in [1.807, 2.05) is 53.4 Å². The van der Waals surface area contributed by atoms with Crippen LogP contribution in [0.4, 0.5) is 0 Å². The van der Waals surface area contributed by atoms with Gasteiger partial charge in [-0.25, -0.2) is 0 Å². The molecule has 1 aliphatic rings. The van der Waals surface area contributed by atoms with Crippen LogP contribution >= 0.6 is 15.9 Å². The summed E-state index contributed by atoms with van der Waals surface area (Å²) in [5, 5.41) is 7.32. The first-order chi connectivity index (χ1) is 13.7. The molecule has 1 fully saturated rings. The standard InChI is InChI=1S/C22H22BrN3O2/c1-28-18-12-6-5-10-16(18)14-17-11-7-13-26(17)22(27)21-19(23)20(24-25-21)15-8-3-2-4-9-15/h2-6,8-10,12,17H,7,11,13-14H2,1H3,(H,24,25)/t17-/m0/s1. The summed E-state index contributed by atoms with van der Waals surface area (Å²) in [7, 11) is 1.68. The molecule has 1 saturated heterocycles. The van der Waals surface area contributed by atoms with E-state index in [1.54, 1.807) is 7.11 Å². The Balaban J connectivity index is 1.57. The number of hydrogen-bond acceptors (Lipinski definition) is 3. The smallest absolute Gasteiger partial charge is 0.273 e. The van der Waals surface area contributed by atoms with E-state index in [4.69, 9.17) is 4.74 Å². The van der Waals surface area contributed by atoms with Crippen molar-refractivity contribution in [2.45, 2.75) is 25.3 Å². The molecule has 1 aliphatic heterocycles. The molecule has 4 rings (SSSR count). The number of carbonyl (C=O) groups is 1. The van der Waals surface area contributed by atoms with E-state index in [2.05, 4.69) is 32.2 Å². The third-order valence-corrected chi connectivity index (χ3v) is 6.03. The molecule has 1 N–H and O–H groups in total. The average molecular weight is 440 g/mol. The van der Waals surface area contributed by atoms with Gasteiger partial charge >= 0.3 is 0 Å². The number of benzene rings is 2. The number of ether oxygens (including phenoxy) is 1. The molecular formula is C22H22BrN3O2. The van der Waals surface area contributed by atoms with Crippen LogP contribution in [0, 0.1) is 0 Å². The number of likely N-dealkylation sites (tertiary alicyclic amines) is 1. The van der Waals surface area contributed by atoms with Crippen LogP contribution in [0.2, 0.25) is 0 Å². The molecule has 0 radical (unpaired) electrons. The number of halogens is 1. The number of nitrogens with zero attached hydrogens (tertiary/aromatic N) is 2. The van der Waals surface area contributed by atoms with E-state index in [1.165, 1.54) is 0 Å². The van der Waals surface area contributed by atoms with Crippen molar-refractivity contribution in [2.24, 2.45) is 0 Å². The lowest BCUT2D eigenvalue weighted by Crippen LogP contribution is -2.37. The maximum Gasteiger partial charge on any atom is 0.273 e. The molecular weight excluding hydrogens is 418 g/mol. The fourth-order valence-corrected chi connectivity index (χ4v) is 4.42. The summed E-state index contributed by atoms with van der Waals surface area (Å²) in [4.78, 5) is 15.2. The van der Waals surface area contributed by atoms with Gasteiger partial charge in [-0.2, -0.15) is 5.10 Å². The first-order valence-corrected chi connectivity index (χ1v) is 10.2. The maximum atomic E-state index is 13.3. The molecule has 1 aromatic heterocycles. The molecule has 28 heavy (non-hydrogen) atoms. The van der Waals surface area contributed by atoms with E-state index in [0.29, 0.717) is 10.2 Å². The third-order valence-electron chi connectivity index (χ3n) is 5.25. The lowest BCUT2D eigenvalue weighted by molar-refractivity contribution is 0.0729. The van der Waals surface area contributed by atoms with Crippen LogP contribution in [-0.2, 0) is 6.42 Å². The van der Waals surface area contributed by atoms with Crippen molar-refractivity contribution in [3.63, 3.8) is 0 Å². The van der Waals surface area contributed by atoms with E-state index in [9.17, 15) is 4.79 Å². The van der Waals surface area contributed by atoms with Crippen molar-refractivity contribution in [2.75, 3.05) is 13.7 Å². The van der Waals surface area contributed by atoms with Gasteiger partial charge in [0.25, 0.3) is 5.91 Å². The molecule has 5 nitrogen and oxygen atoms in total. The summed E-state index contributed by atoms with van der Waals surface area (Å²) < 4.78 is 6.19. The highest BCUT2D eigenvalue weighted by molar-refractivity contribution is 9.10. The molecule has 0 unspecified atom stereocenters. The number of rotatable bonds is 5. The van der Waals surface area contributed by atoms with Gasteiger partial charge in [0.05, 0.1) is 11.6 Å². The normalized spacial score (nSPS) is 16.4. The summed E-state index contributed by atoms with van der Waals surface area (Å²) in [6.07, 6.45) is 2.77. The van der Waals surface area contributed by atoms with Gasteiger partial charge in [0.1, 0.15) is 17.1 Å². The van der Waals surface area contributed by atoms with Crippen molar-refractivity contribution in [3.8, 4) is 17.0 Å². The Bertz CT molecular complexity index is 971. The third kappa shape index (κ3) is 3.56. The molecule has 2 aromatic carbocycles. The Morgan fingerprint density at radius 3 is 2.75 bits per heavy atom. The summed E-state index contributed by atoms with van der Waals surface area (Å²) >= 11 is 3.58. The van der Waals surface area contributed by atoms with Crippen LogP contribution in [0.1, 0.15) is 28.9 Å². The monoisotopic (exact) mass is 439 g/mol. The second-order valence-electron chi connectivity index (χ2n) is 6.94. The Morgan fingerprint density at radius 1 is 1.21 bits per heavy atom. The second kappa shape index (κ2) is 8.19. The van der Waals surface area contributed by atoms with Crippen molar-refractivity contribution >= 4 is 21.8 Å². The summed E-state index contributed by atoms with van der Waals surface area (Å²) in [6, 6.07) is 18.0. The van der Waals surface area contributed by atoms with Gasteiger partial charge in [0.2, 0.25) is 0 Å². The number of nitrogens with one attached hydrogen (secondary N) is 1. The molecule has 6 heteroatoms. The molecule has 0 bridgehead atoms. The van der Waals surface area contributed by atoms with Crippen LogP contribution in [0.15, 0.2) is 59.1 Å². The molecule has 3 aromatic rings. The predicted molar refractivity (Wildman–Crippen MR) is 112 cm³/mol. The van der Waals surface area contributed by atoms with Crippen LogP contribution in [-0.4, -0.2) is 40.7 Å². The topological polar surface area (TPSA) is 58.2 Å². The van der Waals surface area contributed by atoms with Crippen LogP contribution < -0.4 is 4.74 Å². The van der Waals surface area contributed by atoms with Crippen LogP contribution in [0.5, 0.6) is 5.75 Å². The fraction of sp³-hybridized carbons (Fsp3) is 0.273. The largest absolute Gasteiger partial charge is 0.496 e. The van der Waals surface area contributed by atoms with Gasteiger partial charge in [-0.05, 0) is 46.8 Å². The van der Waals surface area contributed by atoms with Gasteiger partial charge in [0, 0.05) is 18.2 Å². The van der Waals surface area contributed by atoms with Gasteiger partial charge in [-0.3, -0.25) is 9.89 Å². The Hall–Kier alpha value is -2.60. The molecule has 2 heterocycles. The molecule has 0 aliphatic carbocycles. The maximum absolute atomic E-state index is 13.3. The van der Waals surface area contributed by atoms with Gasteiger partial charge < -0.3 is 9.64 Å². The van der Waals surface area contributed by atoms with E-state index in [0.717, 1.165) is 48.4 Å². The molecule has 1 amide bonds. The number of amides is 1. The predicted octanol–water partition coefficient (Wildman–Crippen LogP) is 4.70. The number of aromatic amines is 1. The van der Waals surface area contributed by atoms with E-state index < -0.39 is 0 Å². The highest BCUT2D eigenvalue weighted by atomic mass is 79.9. The number of hydrogen-bond donors (Lipinski definition) is 1. The highest BCUT2D eigenvalue weighted by Gasteiger charge is 2.32. The summed E-state index contributed by atoms with van der Waals surface area (Å²) in [6.45, 7) is 0.755. The van der Waals surface area contributed by atoms with Crippen molar-refractivity contribution in [3.05, 3.63) is 70.3 Å². The lowest BCUT2D eigenvalue weighted by Gasteiger charge is -2.25. The number of carbonyl (C=O) groups excluding carboxylic acids is 1. The quantitative estimate of drug-likeness (QED) is 0.626. The van der Waals surface area contributed by atoms with Crippen molar-refractivity contribution < 1.29 is 9.53 Å². The first-order valence-electron chi connectivity index (χ1n) is 9.41. The Kier molecular flexibility index (Phi) is 5.48. The fourth-order valence-electron chi connectivity index (χ4n) is 3.84. The SMILES string of the molecule is COc1ccccc1C[C@@H]1CCCN1C(=O)c1[nH]nc(-c2ccccc2)c1Br. The van der Waals surface area contributed by atoms with Gasteiger partial charge in [0.15, 0.2) is 0 Å². The number of aromatic nitrogens is 2. The minimum absolute atomic E-state index is 0.0149. The minimum atomic E-state index is -0.0149. The lowest BCUT2D eigenvalue weighted by atomic mass is 10.0. The van der Waals surface area contributed by atoms with Gasteiger partial charge in [-0.15, -0.1) is 0 Å².